The van der Waals surface area contributed by atoms with Gasteiger partial charge in [-0.2, -0.15) is 4.98 Å². The second kappa shape index (κ2) is 9.57. The lowest BCUT2D eigenvalue weighted by atomic mass is 10.0. The molecule has 6 nitrogen and oxygen atoms in total. The summed E-state index contributed by atoms with van der Waals surface area (Å²) in [6, 6.07) is 23.3. The minimum absolute atomic E-state index is 0.125. The van der Waals surface area contributed by atoms with Gasteiger partial charge in [-0.25, -0.2) is 4.98 Å². The highest BCUT2D eigenvalue weighted by Crippen LogP contribution is 2.40. The summed E-state index contributed by atoms with van der Waals surface area (Å²) in [4.78, 5) is 22.3. The van der Waals surface area contributed by atoms with Crippen LogP contribution in [-0.4, -0.2) is 28.7 Å². The molecule has 0 atom stereocenters. The fourth-order valence-electron chi connectivity index (χ4n) is 3.71. The molecule has 0 radical (unpaired) electrons. The van der Waals surface area contributed by atoms with Gasteiger partial charge in [-0.3, -0.25) is 4.79 Å². The molecule has 34 heavy (non-hydrogen) atoms. The number of rotatable bonds is 6. The van der Waals surface area contributed by atoms with E-state index in [-0.39, 0.29) is 11.7 Å². The molecule has 2 heterocycles. The monoisotopic (exact) mass is 469 g/mol. The maximum absolute atomic E-state index is 12.7. The third kappa shape index (κ3) is 4.75. The molecule has 1 aliphatic heterocycles. The first-order valence-corrected chi connectivity index (χ1v) is 11.9. The molecule has 4 aromatic rings. The van der Waals surface area contributed by atoms with Crippen molar-refractivity contribution in [3.8, 4) is 28.8 Å². The number of carbonyl (C=O) groups is 1. The summed E-state index contributed by atoms with van der Waals surface area (Å²) in [5, 5.41) is 3.67. The number of ether oxygens (including phenoxy) is 2. The van der Waals surface area contributed by atoms with Crippen LogP contribution in [0.3, 0.4) is 0 Å². The Morgan fingerprint density at radius 2 is 1.88 bits per heavy atom. The highest BCUT2D eigenvalue weighted by Gasteiger charge is 2.24. The van der Waals surface area contributed by atoms with Crippen LogP contribution in [0.2, 0.25) is 0 Å². The molecule has 170 valence electrons. The molecule has 0 saturated heterocycles. The third-order valence-electron chi connectivity index (χ3n) is 5.48. The number of methoxy groups -OCH3 is 1. The van der Waals surface area contributed by atoms with Crippen molar-refractivity contribution in [3.63, 3.8) is 0 Å². The number of anilines is 1. The summed E-state index contributed by atoms with van der Waals surface area (Å²) in [6.07, 6.45) is 0.652. The van der Waals surface area contributed by atoms with E-state index in [1.54, 1.807) is 13.2 Å². The van der Waals surface area contributed by atoms with Crippen LogP contribution in [0, 0.1) is 6.92 Å². The quantitative estimate of drug-likeness (QED) is 0.247. The Labute approximate surface area is 202 Å². The van der Waals surface area contributed by atoms with Gasteiger partial charge in [0.1, 0.15) is 16.5 Å². The zero-order valence-corrected chi connectivity index (χ0v) is 19.7. The molecule has 0 aliphatic carbocycles. The van der Waals surface area contributed by atoms with Crippen molar-refractivity contribution in [2.45, 2.75) is 18.4 Å². The maximum atomic E-state index is 12.7. The standard InChI is InChI=1S/C27H23N3O3S/c1-17-10-12-18(13-11-17)25-29-26-22(14-19-6-3-4-9-23(19)33-26)27(30-25)34-16-24(31)28-20-7-5-8-21(15-20)32-2/h3-13,15H,14,16H2,1-2H3,(H,28,31). The van der Waals surface area contributed by atoms with Crippen molar-refractivity contribution in [1.82, 2.24) is 9.97 Å². The Morgan fingerprint density at radius 1 is 1.06 bits per heavy atom. The Hall–Kier alpha value is -3.84. The van der Waals surface area contributed by atoms with E-state index in [0.717, 1.165) is 33.0 Å². The van der Waals surface area contributed by atoms with Crippen LogP contribution in [-0.2, 0) is 11.2 Å². The van der Waals surface area contributed by atoms with Crippen LogP contribution in [0.15, 0.2) is 77.8 Å². The van der Waals surface area contributed by atoms with Crippen molar-refractivity contribution < 1.29 is 14.3 Å². The molecular formula is C27H23N3O3S. The summed E-state index contributed by atoms with van der Waals surface area (Å²) in [7, 11) is 1.60. The first kappa shape index (κ1) is 22.0. The third-order valence-corrected chi connectivity index (χ3v) is 6.50. The van der Waals surface area contributed by atoms with E-state index in [1.165, 1.54) is 11.8 Å². The van der Waals surface area contributed by atoms with Crippen LogP contribution in [0.5, 0.6) is 17.4 Å². The molecule has 1 N–H and O–H groups in total. The number of carbonyl (C=O) groups excluding carboxylic acids is 1. The predicted octanol–water partition coefficient (Wildman–Crippen LogP) is 5.89. The first-order chi connectivity index (χ1) is 16.6. The van der Waals surface area contributed by atoms with E-state index in [0.29, 0.717) is 29.6 Å². The minimum atomic E-state index is -0.125. The number of aryl methyl sites for hydroxylation is 1. The van der Waals surface area contributed by atoms with Crippen LogP contribution in [0.25, 0.3) is 11.4 Å². The molecule has 7 heteroatoms. The molecule has 3 aromatic carbocycles. The highest BCUT2D eigenvalue weighted by molar-refractivity contribution is 8.00. The van der Waals surface area contributed by atoms with Crippen molar-refractivity contribution in [2.24, 2.45) is 0 Å². The molecule has 0 unspecified atom stereocenters. The lowest BCUT2D eigenvalue weighted by Crippen LogP contribution is -2.15. The van der Waals surface area contributed by atoms with Gasteiger partial charge in [0.2, 0.25) is 11.8 Å². The van der Waals surface area contributed by atoms with Gasteiger partial charge >= 0.3 is 0 Å². The second-order valence-electron chi connectivity index (χ2n) is 7.96. The van der Waals surface area contributed by atoms with Gasteiger partial charge in [-0.15, -0.1) is 0 Å². The fraction of sp³-hybridized carbons (Fsp3) is 0.148. The number of para-hydroxylation sites is 1. The number of amides is 1. The van der Waals surface area contributed by atoms with Crippen molar-refractivity contribution in [3.05, 3.63) is 89.5 Å². The van der Waals surface area contributed by atoms with Crippen LogP contribution >= 0.6 is 11.8 Å². The van der Waals surface area contributed by atoms with E-state index >= 15 is 0 Å². The highest BCUT2D eigenvalue weighted by atomic mass is 32.2. The van der Waals surface area contributed by atoms with E-state index in [2.05, 4.69) is 5.32 Å². The number of thioether (sulfide) groups is 1. The topological polar surface area (TPSA) is 73.3 Å². The lowest BCUT2D eigenvalue weighted by Gasteiger charge is -2.21. The van der Waals surface area contributed by atoms with Gasteiger partial charge in [-0.1, -0.05) is 65.9 Å². The fourth-order valence-corrected chi connectivity index (χ4v) is 4.53. The zero-order valence-electron chi connectivity index (χ0n) is 18.9. The number of hydrogen-bond acceptors (Lipinski definition) is 6. The van der Waals surface area contributed by atoms with Crippen molar-refractivity contribution in [2.75, 3.05) is 18.2 Å². The average molecular weight is 470 g/mol. The van der Waals surface area contributed by atoms with E-state index in [4.69, 9.17) is 19.4 Å². The molecule has 1 aromatic heterocycles. The Bertz CT molecular complexity index is 1360. The van der Waals surface area contributed by atoms with Gasteiger partial charge in [0.25, 0.3) is 0 Å². The average Bonchev–Trinajstić information content (AvgIpc) is 2.86. The van der Waals surface area contributed by atoms with Gasteiger partial charge in [0.15, 0.2) is 5.82 Å². The predicted molar refractivity (Wildman–Crippen MR) is 134 cm³/mol. The zero-order chi connectivity index (χ0) is 23.5. The number of aromatic nitrogens is 2. The smallest absolute Gasteiger partial charge is 0.234 e. The summed E-state index contributed by atoms with van der Waals surface area (Å²) >= 11 is 1.38. The summed E-state index contributed by atoms with van der Waals surface area (Å²) in [5.41, 5.74) is 4.72. The Balaban J connectivity index is 1.42. The van der Waals surface area contributed by atoms with Crippen LogP contribution in [0.4, 0.5) is 5.69 Å². The minimum Gasteiger partial charge on any atom is -0.497 e. The van der Waals surface area contributed by atoms with E-state index < -0.39 is 0 Å². The van der Waals surface area contributed by atoms with Crippen LogP contribution in [0.1, 0.15) is 16.7 Å². The summed E-state index contributed by atoms with van der Waals surface area (Å²) in [5.74, 6) is 2.69. The first-order valence-electron chi connectivity index (χ1n) is 10.9. The Kier molecular flexibility index (Phi) is 6.18. The number of nitrogens with zero attached hydrogens (tertiary/aromatic N) is 2. The van der Waals surface area contributed by atoms with Gasteiger partial charge in [-0.05, 0) is 30.7 Å². The molecule has 5 rings (SSSR count). The second-order valence-corrected chi connectivity index (χ2v) is 8.92. The normalized spacial score (nSPS) is 11.7. The molecule has 0 spiro atoms. The molecule has 0 saturated carbocycles. The van der Waals surface area contributed by atoms with Gasteiger partial charge in [0, 0.05) is 23.7 Å². The Morgan fingerprint density at radius 3 is 2.71 bits per heavy atom. The lowest BCUT2D eigenvalue weighted by molar-refractivity contribution is -0.113. The molecular weight excluding hydrogens is 446 g/mol. The van der Waals surface area contributed by atoms with Crippen molar-refractivity contribution in [1.29, 1.82) is 0 Å². The number of nitrogens with one attached hydrogen (secondary N) is 1. The number of benzene rings is 3. The van der Waals surface area contributed by atoms with Crippen molar-refractivity contribution >= 4 is 23.4 Å². The van der Waals surface area contributed by atoms with E-state index in [9.17, 15) is 4.79 Å². The summed E-state index contributed by atoms with van der Waals surface area (Å²) in [6.45, 7) is 2.04. The SMILES string of the molecule is COc1cccc(NC(=O)CSc2nc(-c3ccc(C)cc3)nc3c2Cc2ccccc2O3)c1. The van der Waals surface area contributed by atoms with E-state index in [1.807, 2.05) is 73.7 Å². The van der Waals surface area contributed by atoms with Gasteiger partial charge < -0.3 is 14.8 Å². The molecule has 1 aliphatic rings. The molecule has 0 fully saturated rings. The molecule has 0 bridgehead atoms. The summed E-state index contributed by atoms with van der Waals surface area (Å²) < 4.78 is 11.4. The molecule has 1 amide bonds. The van der Waals surface area contributed by atoms with Gasteiger partial charge in [0.05, 0.1) is 18.4 Å². The maximum Gasteiger partial charge on any atom is 0.234 e. The number of hydrogen-bond donors (Lipinski definition) is 1. The number of fused-ring (bicyclic) bond motifs is 2. The largest absolute Gasteiger partial charge is 0.497 e. The van der Waals surface area contributed by atoms with Crippen LogP contribution < -0.4 is 14.8 Å².